The zero-order valence-corrected chi connectivity index (χ0v) is 11.3. The standard InChI is InChI=1S/C18H15NO/c1-13(20)9-14-7-8-16-11-17(12-19-18(16)10-14)15-5-3-2-4-6-15/h2-8,10-12H,9H2,1H3. The van der Waals surface area contributed by atoms with Crippen LogP contribution < -0.4 is 0 Å². The minimum Gasteiger partial charge on any atom is -0.300 e. The summed E-state index contributed by atoms with van der Waals surface area (Å²) in [6.45, 7) is 1.61. The molecule has 20 heavy (non-hydrogen) atoms. The van der Waals surface area contributed by atoms with Crippen LogP contribution in [0, 0.1) is 0 Å². The fourth-order valence-electron chi connectivity index (χ4n) is 2.35. The summed E-state index contributed by atoms with van der Waals surface area (Å²) in [5, 5.41) is 1.10. The topological polar surface area (TPSA) is 30.0 Å². The molecule has 1 aromatic heterocycles. The van der Waals surface area contributed by atoms with E-state index in [4.69, 9.17) is 0 Å². The summed E-state index contributed by atoms with van der Waals surface area (Å²) in [6.07, 6.45) is 2.35. The van der Waals surface area contributed by atoms with Gasteiger partial charge in [0.15, 0.2) is 0 Å². The lowest BCUT2D eigenvalue weighted by Crippen LogP contribution is -1.96. The van der Waals surface area contributed by atoms with E-state index in [0.29, 0.717) is 6.42 Å². The van der Waals surface area contributed by atoms with E-state index in [0.717, 1.165) is 27.6 Å². The van der Waals surface area contributed by atoms with Gasteiger partial charge in [0, 0.05) is 23.6 Å². The normalized spacial score (nSPS) is 10.7. The molecule has 0 aliphatic heterocycles. The molecule has 0 radical (unpaired) electrons. The molecule has 98 valence electrons. The van der Waals surface area contributed by atoms with Crippen LogP contribution in [-0.2, 0) is 11.2 Å². The number of hydrogen-bond donors (Lipinski definition) is 0. The average molecular weight is 261 g/mol. The van der Waals surface area contributed by atoms with Gasteiger partial charge in [0.25, 0.3) is 0 Å². The number of fused-ring (bicyclic) bond motifs is 1. The minimum atomic E-state index is 0.172. The number of nitrogens with zero attached hydrogens (tertiary/aromatic N) is 1. The van der Waals surface area contributed by atoms with E-state index >= 15 is 0 Å². The number of carbonyl (C=O) groups excluding carboxylic acids is 1. The minimum absolute atomic E-state index is 0.172. The third kappa shape index (κ3) is 2.59. The molecule has 0 aliphatic rings. The van der Waals surface area contributed by atoms with Crippen molar-refractivity contribution in [3.05, 3.63) is 66.4 Å². The maximum Gasteiger partial charge on any atom is 0.134 e. The smallest absolute Gasteiger partial charge is 0.134 e. The van der Waals surface area contributed by atoms with Crippen LogP contribution in [0.2, 0.25) is 0 Å². The zero-order chi connectivity index (χ0) is 13.9. The van der Waals surface area contributed by atoms with Crippen LogP contribution in [0.3, 0.4) is 0 Å². The van der Waals surface area contributed by atoms with Crippen LogP contribution in [0.1, 0.15) is 12.5 Å². The van der Waals surface area contributed by atoms with Gasteiger partial charge in [-0.15, -0.1) is 0 Å². The highest BCUT2D eigenvalue weighted by Crippen LogP contribution is 2.23. The van der Waals surface area contributed by atoms with E-state index < -0.39 is 0 Å². The van der Waals surface area contributed by atoms with E-state index in [1.165, 1.54) is 0 Å². The summed E-state index contributed by atoms with van der Waals surface area (Å²) in [5.74, 6) is 0.172. The molecular weight excluding hydrogens is 246 g/mol. The molecule has 0 saturated heterocycles. The Labute approximate surface area is 118 Å². The Morgan fingerprint density at radius 2 is 1.80 bits per heavy atom. The zero-order valence-electron chi connectivity index (χ0n) is 11.3. The maximum absolute atomic E-state index is 11.2. The van der Waals surface area contributed by atoms with Crippen LogP contribution in [-0.4, -0.2) is 10.8 Å². The van der Waals surface area contributed by atoms with Crippen molar-refractivity contribution in [2.24, 2.45) is 0 Å². The molecule has 0 fully saturated rings. The predicted molar refractivity (Wildman–Crippen MR) is 81.6 cm³/mol. The van der Waals surface area contributed by atoms with Gasteiger partial charge >= 0.3 is 0 Å². The van der Waals surface area contributed by atoms with Crippen molar-refractivity contribution < 1.29 is 4.79 Å². The van der Waals surface area contributed by atoms with Crippen LogP contribution in [0.25, 0.3) is 22.0 Å². The number of aromatic nitrogens is 1. The first-order valence-electron chi connectivity index (χ1n) is 6.66. The van der Waals surface area contributed by atoms with Gasteiger partial charge < -0.3 is 0 Å². The fourth-order valence-corrected chi connectivity index (χ4v) is 2.35. The molecule has 0 bridgehead atoms. The number of benzene rings is 2. The molecule has 2 heteroatoms. The van der Waals surface area contributed by atoms with Gasteiger partial charge in [-0.05, 0) is 30.2 Å². The Balaban J connectivity index is 2.03. The summed E-state index contributed by atoms with van der Waals surface area (Å²) in [7, 11) is 0. The van der Waals surface area contributed by atoms with Gasteiger partial charge in [-0.25, -0.2) is 0 Å². The third-order valence-electron chi connectivity index (χ3n) is 3.31. The van der Waals surface area contributed by atoms with Crippen molar-refractivity contribution in [1.29, 1.82) is 0 Å². The molecular formula is C18H15NO. The van der Waals surface area contributed by atoms with Crippen molar-refractivity contribution in [3.8, 4) is 11.1 Å². The van der Waals surface area contributed by atoms with Crippen molar-refractivity contribution >= 4 is 16.7 Å². The number of ketones is 1. The maximum atomic E-state index is 11.2. The Morgan fingerprint density at radius 1 is 1.00 bits per heavy atom. The van der Waals surface area contributed by atoms with Gasteiger partial charge in [-0.3, -0.25) is 9.78 Å². The summed E-state index contributed by atoms with van der Waals surface area (Å²) in [5.41, 5.74) is 4.22. The largest absolute Gasteiger partial charge is 0.300 e. The van der Waals surface area contributed by atoms with Crippen molar-refractivity contribution in [1.82, 2.24) is 4.98 Å². The molecule has 1 heterocycles. The molecule has 0 saturated carbocycles. The van der Waals surface area contributed by atoms with Gasteiger partial charge in [0.1, 0.15) is 5.78 Å². The summed E-state index contributed by atoms with van der Waals surface area (Å²) in [4.78, 5) is 15.7. The van der Waals surface area contributed by atoms with Crippen LogP contribution in [0.15, 0.2) is 60.8 Å². The summed E-state index contributed by atoms with van der Waals surface area (Å²) >= 11 is 0. The molecule has 2 aromatic carbocycles. The lowest BCUT2D eigenvalue weighted by Gasteiger charge is -2.05. The van der Waals surface area contributed by atoms with Crippen LogP contribution in [0.4, 0.5) is 0 Å². The number of hydrogen-bond acceptors (Lipinski definition) is 2. The Hall–Kier alpha value is -2.48. The Kier molecular flexibility index (Phi) is 3.30. The van der Waals surface area contributed by atoms with E-state index in [2.05, 4.69) is 23.2 Å². The highest BCUT2D eigenvalue weighted by atomic mass is 16.1. The number of rotatable bonds is 3. The predicted octanol–water partition coefficient (Wildman–Crippen LogP) is 4.03. The first kappa shape index (κ1) is 12.5. The highest BCUT2D eigenvalue weighted by Gasteiger charge is 2.03. The molecule has 0 N–H and O–H groups in total. The molecule has 0 amide bonds. The van der Waals surface area contributed by atoms with Gasteiger partial charge in [0.05, 0.1) is 5.52 Å². The second kappa shape index (κ2) is 5.25. The first-order chi connectivity index (χ1) is 9.72. The number of pyridine rings is 1. The van der Waals surface area contributed by atoms with Crippen molar-refractivity contribution in [2.75, 3.05) is 0 Å². The highest BCUT2D eigenvalue weighted by molar-refractivity contribution is 5.85. The van der Waals surface area contributed by atoms with Gasteiger partial charge in [-0.1, -0.05) is 42.5 Å². The average Bonchev–Trinajstić information content (AvgIpc) is 2.47. The number of carbonyl (C=O) groups is 1. The quantitative estimate of drug-likeness (QED) is 0.712. The lowest BCUT2D eigenvalue weighted by atomic mass is 10.0. The van der Waals surface area contributed by atoms with Crippen LogP contribution >= 0.6 is 0 Å². The monoisotopic (exact) mass is 261 g/mol. The molecule has 0 aliphatic carbocycles. The first-order valence-corrected chi connectivity index (χ1v) is 6.66. The van der Waals surface area contributed by atoms with E-state index in [1.807, 2.05) is 42.6 Å². The Bertz CT molecular complexity index is 763. The molecule has 0 atom stereocenters. The van der Waals surface area contributed by atoms with E-state index in [-0.39, 0.29) is 5.78 Å². The van der Waals surface area contributed by atoms with E-state index in [9.17, 15) is 4.79 Å². The van der Waals surface area contributed by atoms with Crippen LogP contribution in [0.5, 0.6) is 0 Å². The Morgan fingerprint density at radius 3 is 2.55 bits per heavy atom. The molecule has 0 unspecified atom stereocenters. The SMILES string of the molecule is CC(=O)Cc1ccc2cc(-c3ccccc3)cnc2c1. The van der Waals surface area contributed by atoms with Gasteiger partial charge in [0.2, 0.25) is 0 Å². The summed E-state index contributed by atoms with van der Waals surface area (Å²) < 4.78 is 0. The molecule has 0 spiro atoms. The molecule has 3 aromatic rings. The fraction of sp³-hybridized carbons (Fsp3) is 0.111. The second-order valence-corrected chi connectivity index (χ2v) is 5.00. The second-order valence-electron chi connectivity index (χ2n) is 5.00. The third-order valence-corrected chi connectivity index (χ3v) is 3.31. The van der Waals surface area contributed by atoms with Crippen molar-refractivity contribution in [3.63, 3.8) is 0 Å². The summed E-state index contributed by atoms with van der Waals surface area (Å²) in [6, 6.07) is 18.4. The van der Waals surface area contributed by atoms with Gasteiger partial charge in [-0.2, -0.15) is 0 Å². The van der Waals surface area contributed by atoms with E-state index in [1.54, 1.807) is 6.92 Å². The van der Waals surface area contributed by atoms with Crippen molar-refractivity contribution in [2.45, 2.75) is 13.3 Å². The molecule has 2 nitrogen and oxygen atoms in total. The number of Topliss-reactive ketones (excluding diaryl/α,β-unsaturated/α-hetero) is 1. The lowest BCUT2D eigenvalue weighted by molar-refractivity contribution is -0.116. The molecule has 3 rings (SSSR count).